The number of amides is 1. The first kappa shape index (κ1) is 18.3. The molecular formula is C22H19FN2O2S. The summed E-state index contributed by atoms with van der Waals surface area (Å²) in [6.07, 6.45) is 0. The number of thiophene rings is 1. The zero-order valence-corrected chi connectivity index (χ0v) is 16.1. The second kappa shape index (κ2) is 7.86. The molecule has 0 aliphatic heterocycles. The lowest BCUT2D eigenvalue weighted by Crippen LogP contribution is -2.26. The highest BCUT2D eigenvalue weighted by atomic mass is 32.1. The van der Waals surface area contributed by atoms with E-state index in [-0.39, 0.29) is 18.3 Å². The van der Waals surface area contributed by atoms with Gasteiger partial charge in [-0.3, -0.25) is 4.79 Å². The van der Waals surface area contributed by atoms with E-state index in [4.69, 9.17) is 4.74 Å². The Kier molecular flexibility index (Phi) is 5.12. The molecule has 0 atom stereocenters. The third kappa shape index (κ3) is 3.64. The number of carbonyl (C=O) groups excluding carboxylic acids is 1. The molecule has 0 fully saturated rings. The number of hydrogen-bond acceptors (Lipinski definition) is 3. The number of carbonyl (C=O) groups is 1. The highest BCUT2D eigenvalue weighted by Crippen LogP contribution is 2.27. The van der Waals surface area contributed by atoms with Crippen LogP contribution in [0.1, 0.15) is 21.6 Å². The van der Waals surface area contributed by atoms with Crippen molar-refractivity contribution in [3.63, 3.8) is 0 Å². The summed E-state index contributed by atoms with van der Waals surface area (Å²) in [5.74, 6) is 0.224. The van der Waals surface area contributed by atoms with Crippen molar-refractivity contribution in [2.75, 3.05) is 7.11 Å². The van der Waals surface area contributed by atoms with Crippen molar-refractivity contribution in [2.24, 2.45) is 0 Å². The fourth-order valence-corrected chi connectivity index (χ4v) is 4.02. The average molecular weight is 394 g/mol. The Balaban J connectivity index is 1.61. The molecular weight excluding hydrogens is 375 g/mol. The van der Waals surface area contributed by atoms with Crippen LogP contribution in [0.3, 0.4) is 0 Å². The third-order valence-corrected chi connectivity index (χ3v) is 5.48. The molecule has 4 nitrogen and oxygen atoms in total. The molecule has 0 radical (unpaired) electrons. The summed E-state index contributed by atoms with van der Waals surface area (Å²) in [6.45, 7) is 0.684. The fourth-order valence-electron chi connectivity index (χ4n) is 3.20. The van der Waals surface area contributed by atoms with Crippen molar-refractivity contribution in [3.05, 3.63) is 88.7 Å². The molecule has 0 saturated heterocycles. The lowest BCUT2D eigenvalue weighted by molar-refractivity contribution is 0.0942. The fraction of sp³-hybridized carbons (Fsp3) is 0.136. The molecule has 0 aliphatic rings. The Bertz CT molecular complexity index is 1130. The van der Waals surface area contributed by atoms with Crippen molar-refractivity contribution >= 4 is 27.5 Å². The molecule has 2 aromatic carbocycles. The van der Waals surface area contributed by atoms with Crippen LogP contribution in [0.25, 0.3) is 10.2 Å². The van der Waals surface area contributed by atoms with Crippen LogP contribution in [0.5, 0.6) is 5.75 Å². The zero-order chi connectivity index (χ0) is 19.5. The number of fused-ring (bicyclic) bond motifs is 1. The van der Waals surface area contributed by atoms with E-state index in [1.165, 1.54) is 6.07 Å². The molecule has 2 heterocycles. The molecule has 28 heavy (non-hydrogen) atoms. The second-order valence-corrected chi connectivity index (χ2v) is 7.36. The molecule has 0 spiro atoms. The van der Waals surface area contributed by atoms with Gasteiger partial charge in [-0.05, 0) is 41.3 Å². The molecule has 1 N–H and O–H groups in total. The van der Waals surface area contributed by atoms with Gasteiger partial charge in [0.1, 0.15) is 17.3 Å². The van der Waals surface area contributed by atoms with Gasteiger partial charge in [-0.15, -0.1) is 11.3 Å². The first-order valence-corrected chi connectivity index (χ1v) is 9.75. The molecule has 4 aromatic rings. The van der Waals surface area contributed by atoms with Gasteiger partial charge in [-0.2, -0.15) is 0 Å². The molecule has 142 valence electrons. The van der Waals surface area contributed by atoms with Gasteiger partial charge in [0, 0.05) is 18.7 Å². The summed E-state index contributed by atoms with van der Waals surface area (Å²) < 4.78 is 22.2. The molecule has 0 bridgehead atoms. The summed E-state index contributed by atoms with van der Waals surface area (Å²) >= 11 is 1.59. The molecule has 0 unspecified atom stereocenters. The quantitative estimate of drug-likeness (QED) is 0.509. The van der Waals surface area contributed by atoms with Crippen molar-refractivity contribution in [1.82, 2.24) is 9.88 Å². The standard InChI is InChI=1S/C22H19FN2O2S/c1-27-17-7-4-5-15(11-17)14-25-19-9-10-28-21(19)12-20(25)22(26)24-13-16-6-2-3-8-18(16)23/h2-12H,13-14H2,1H3,(H,24,26). The Morgan fingerprint density at radius 3 is 2.82 bits per heavy atom. The van der Waals surface area contributed by atoms with Crippen LogP contribution >= 0.6 is 11.3 Å². The van der Waals surface area contributed by atoms with Gasteiger partial charge < -0.3 is 14.6 Å². The van der Waals surface area contributed by atoms with Crippen molar-refractivity contribution in [2.45, 2.75) is 13.1 Å². The maximum absolute atomic E-state index is 13.8. The minimum absolute atomic E-state index is 0.142. The van der Waals surface area contributed by atoms with Gasteiger partial charge in [0.05, 0.1) is 17.3 Å². The molecule has 0 aliphatic carbocycles. The molecule has 0 saturated carbocycles. The normalized spacial score (nSPS) is 10.9. The highest BCUT2D eigenvalue weighted by molar-refractivity contribution is 7.17. The van der Waals surface area contributed by atoms with Gasteiger partial charge in [-0.1, -0.05) is 30.3 Å². The molecule has 1 amide bonds. The average Bonchev–Trinajstić information content (AvgIpc) is 3.30. The van der Waals surface area contributed by atoms with Crippen molar-refractivity contribution < 1.29 is 13.9 Å². The van der Waals surface area contributed by atoms with Crippen LogP contribution in [0, 0.1) is 5.82 Å². The van der Waals surface area contributed by atoms with Crippen LogP contribution < -0.4 is 10.1 Å². The van der Waals surface area contributed by atoms with Crippen LogP contribution in [0.2, 0.25) is 0 Å². The maximum atomic E-state index is 13.8. The van der Waals surface area contributed by atoms with Gasteiger partial charge >= 0.3 is 0 Å². The monoisotopic (exact) mass is 394 g/mol. The summed E-state index contributed by atoms with van der Waals surface area (Å²) in [4.78, 5) is 12.9. The summed E-state index contributed by atoms with van der Waals surface area (Å²) in [7, 11) is 1.63. The highest BCUT2D eigenvalue weighted by Gasteiger charge is 2.17. The van der Waals surface area contributed by atoms with E-state index in [2.05, 4.69) is 5.32 Å². The second-order valence-electron chi connectivity index (χ2n) is 6.41. The number of nitrogens with one attached hydrogen (secondary N) is 1. The number of methoxy groups -OCH3 is 1. The van der Waals surface area contributed by atoms with Crippen LogP contribution in [-0.4, -0.2) is 17.6 Å². The van der Waals surface area contributed by atoms with Gasteiger partial charge in [0.15, 0.2) is 0 Å². The van der Waals surface area contributed by atoms with E-state index < -0.39 is 0 Å². The van der Waals surface area contributed by atoms with Crippen molar-refractivity contribution in [3.8, 4) is 5.75 Å². The van der Waals surface area contributed by atoms with E-state index in [0.717, 1.165) is 21.5 Å². The number of nitrogens with zero attached hydrogens (tertiary/aromatic N) is 1. The van der Waals surface area contributed by atoms with E-state index in [9.17, 15) is 9.18 Å². The summed E-state index contributed by atoms with van der Waals surface area (Å²) in [5.41, 5.74) is 3.06. The van der Waals surface area contributed by atoms with Crippen molar-refractivity contribution in [1.29, 1.82) is 0 Å². The zero-order valence-electron chi connectivity index (χ0n) is 15.3. The van der Waals surface area contributed by atoms with Gasteiger partial charge in [0.25, 0.3) is 5.91 Å². The van der Waals surface area contributed by atoms with E-state index in [1.807, 2.05) is 46.3 Å². The number of ether oxygens (including phenoxy) is 1. The Hall–Kier alpha value is -3.12. The molecule has 4 rings (SSSR count). The largest absolute Gasteiger partial charge is 0.497 e. The maximum Gasteiger partial charge on any atom is 0.268 e. The lowest BCUT2D eigenvalue weighted by atomic mass is 10.2. The number of aromatic nitrogens is 1. The Labute approximate surface area is 166 Å². The molecule has 6 heteroatoms. The number of rotatable bonds is 6. The predicted octanol–water partition coefficient (Wildman–Crippen LogP) is 4.83. The lowest BCUT2D eigenvalue weighted by Gasteiger charge is -2.12. The predicted molar refractivity (Wildman–Crippen MR) is 109 cm³/mol. The Morgan fingerprint density at radius 1 is 1.14 bits per heavy atom. The van der Waals surface area contributed by atoms with E-state index >= 15 is 0 Å². The SMILES string of the molecule is COc1cccc(Cn2c(C(=O)NCc3ccccc3F)cc3sccc32)c1. The molecule has 2 aromatic heterocycles. The topological polar surface area (TPSA) is 43.3 Å². The minimum atomic E-state index is -0.324. The Morgan fingerprint density at radius 2 is 2.00 bits per heavy atom. The summed E-state index contributed by atoms with van der Waals surface area (Å²) in [5, 5.41) is 4.84. The van der Waals surface area contributed by atoms with Gasteiger partial charge in [0.2, 0.25) is 0 Å². The first-order valence-electron chi connectivity index (χ1n) is 8.87. The number of benzene rings is 2. The van der Waals surface area contributed by atoms with Crippen LogP contribution in [0.4, 0.5) is 4.39 Å². The van der Waals surface area contributed by atoms with E-state index in [1.54, 1.807) is 36.6 Å². The first-order chi connectivity index (χ1) is 13.7. The van der Waals surface area contributed by atoms with Crippen LogP contribution in [-0.2, 0) is 13.1 Å². The van der Waals surface area contributed by atoms with Crippen LogP contribution in [0.15, 0.2) is 66.0 Å². The third-order valence-electron chi connectivity index (χ3n) is 4.63. The summed E-state index contributed by atoms with van der Waals surface area (Å²) in [6, 6.07) is 18.1. The van der Waals surface area contributed by atoms with Gasteiger partial charge in [-0.25, -0.2) is 4.39 Å². The smallest absolute Gasteiger partial charge is 0.268 e. The van der Waals surface area contributed by atoms with E-state index in [0.29, 0.717) is 17.8 Å². The number of hydrogen-bond donors (Lipinski definition) is 1. The number of halogens is 1. The minimum Gasteiger partial charge on any atom is -0.497 e.